The van der Waals surface area contributed by atoms with Gasteiger partial charge in [-0.25, -0.2) is 9.78 Å². The SMILES string of the molecule is Cc1cnc(-c2cc(NC(=O)N3C4CCCC3C4)ccc2C)nn1. The molecule has 1 aromatic heterocycles. The first-order valence-corrected chi connectivity index (χ1v) is 8.48. The van der Waals surface area contributed by atoms with Gasteiger partial charge in [0.05, 0.1) is 11.9 Å². The molecule has 1 N–H and O–H groups in total. The Bertz CT molecular complexity index is 759. The summed E-state index contributed by atoms with van der Waals surface area (Å²) in [6, 6.07) is 6.69. The van der Waals surface area contributed by atoms with E-state index >= 15 is 0 Å². The molecule has 4 rings (SSSR count). The average molecular weight is 323 g/mol. The predicted molar refractivity (Wildman–Crippen MR) is 91.6 cm³/mol. The number of rotatable bonds is 2. The van der Waals surface area contributed by atoms with Crippen molar-refractivity contribution in [2.45, 2.75) is 51.6 Å². The van der Waals surface area contributed by atoms with Gasteiger partial charge < -0.3 is 10.2 Å². The normalized spacial score (nSPS) is 22.0. The maximum absolute atomic E-state index is 12.6. The number of fused-ring (bicyclic) bond motifs is 2. The number of aromatic nitrogens is 3. The minimum absolute atomic E-state index is 0.00806. The van der Waals surface area contributed by atoms with Gasteiger partial charge in [0, 0.05) is 23.3 Å². The number of carbonyl (C=O) groups excluding carboxylic acids is 1. The van der Waals surface area contributed by atoms with Crippen molar-refractivity contribution in [3.63, 3.8) is 0 Å². The summed E-state index contributed by atoms with van der Waals surface area (Å²) in [6.45, 7) is 3.86. The van der Waals surface area contributed by atoms with Crippen LogP contribution in [0.2, 0.25) is 0 Å². The van der Waals surface area contributed by atoms with Gasteiger partial charge in [-0.05, 0) is 57.2 Å². The standard InChI is InChI=1S/C18H21N5O/c1-11-6-7-13(8-16(11)17-19-10-12(2)21-22-17)20-18(24)23-14-4-3-5-15(23)9-14/h6-8,10,14-15H,3-5,9H2,1-2H3,(H,20,24). The van der Waals surface area contributed by atoms with Crippen molar-refractivity contribution in [2.24, 2.45) is 0 Å². The third kappa shape index (κ3) is 2.62. The second-order valence-corrected chi connectivity index (χ2v) is 6.76. The van der Waals surface area contributed by atoms with Gasteiger partial charge >= 0.3 is 6.03 Å². The van der Waals surface area contributed by atoms with Crippen LogP contribution in [0.5, 0.6) is 0 Å². The molecule has 0 radical (unpaired) electrons. The molecule has 2 saturated heterocycles. The van der Waals surface area contributed by atoms with Crippen molar-refractivity contribution in [1.82, 2.24) is 20.1 Å². The topological polar surface area (TPSA) is 71.0 Å². The summed E-state index contributed by atoms with van der Waals surface area (Å²) in [7, 11) is 0. The second-order valence-electron chi connectivity index (χ2n) is 6.76. The van der Waals surface area contributed by atoms with E-state index in [1.807, 2.05) is 36.9 Å². The molecule has 2 aliphatic heterocycles. The molecular weight excluding hydrogens is 302 g/mol. The number of hydrogen-bond acceptors (Lipinski definition) is 4. The summed E-state index contributed by atoms with van der Waals surface area (Å²) < 4.78 is 0. The van der Waals surface area contributed by atoms with E-state index in [2.05, 4.69) is 20.5 Å². The molecule has 1 aromatic carbocycles. The van der Waals surface area contributed by atoms with E-state index in [0.29, 0.717) is 17.9 Å². The molecule has 124 valence electrons. The number of nitrogens with one attached hydrogen (secondary N) is 1. The number of nitrogens with zero attached hydrogens (tertiary/aromatic N) is 4. The molecule has 2 fully saturated rings. The fraction of sp³-hybridized carbons (Fsp3) is 0.444. The van der Waals surface area contributed by atoms with Gasteiger partial charge in [-0.1, -0.05) is 6.07 Å². The Labute approximate surface area is 141 Å². The zero-order valence-corrected chi connectivity index (χ0v) is 14.0. The van der Waals surface area contributed by atoms with Crippen LogP contribution in [-0.4, -0.2) is 38.2 Å². The maximum atomic E-state index is 12.6. The Hall–Kier alpha value is -2.50. The Morgan fingerprint density at radius 1 is 1.21 bits per heavy atom. The van der Waals surface area contributed by atoms with E-state index in [4.69, 9.17) is 0 Å². The van der Waals surface area contributed by atoms with Crippen LogP contribution >= 0.6 is 0 Å². The molecule has 2 aromatic rings. The van der Waals surface area contributed by atoms with E-state index in [1.54, 1.807) is 6.20 Å². The number of aryl methyl sites for hydroxylation is 2. The lowest BCUT2D eigenvalue weighted by Crippen LogP contribution is -2.62. The summed E-state index contributed by atoms with van der Waals surface area (Å²) in [5, 5.41) is 11.3. The molecule has 0 aliphatic carbocycles. The monoisotopic (exact) mass is 323 g/mol. The number of amides is 2. The first-order valence-electron chi connectivity index (χ1n) is 8.48. The van der Waals surface area contributed by atoms with Crippen molar-refractivity contribution in [3.05, 3.63) is 35.7 Å². The zero-order chi connectivity index (χ0) is 16.7. The minimum Gasteiger partial charge on any atom is -0.318 e. The van der Waals surface area contributed by atoms with Crippen LogP contribution in [0.15, 0.2) is 24.4 Å². The smallest absolute Gasteiger partial charge is 0.318 e. The van der Waals surface area contributed by atoms with Crippen molar-refractivity contribution < 1.29 is 4.79 Å². The highest BCUT2D eigenvalue weighted by molar-refractivity contribution is 5.91. The highest BCUT2D eigenvalue weighted by atomic mass is 16.2. The summed E-state index contributed by atoms with van der Waals surface area (Å²) in [5.74, 6) is 0.579. The molecule has 2 unspecified atom stereocenters. The molecule has 0 spiro atoms. The van der Waals surface area contributed by atoms with Gasteiger partial charge in [-0.15, -0.1) is 5.10 Å². The number of anilines is 1. The van der Waals surface area contributed by atoms with Gasteiger partial charge in [0.25, 0.3) is 0 Å². The average Bonchev–Trinajstić information content (AvgIpc) is 2.58. The first kappa shape index (κ1) is 15.1. The minimum atomic E-state index is 0.00806. The first-order chi connectivity index (χ1) is 11.6. The highest BCUT2D eigenvalue weighted by Gasteiger charge is 2.44. The Balaban J connectivity index is 1.55. The lowest BCUT2D eigenvalue weighted by Gasteiger charge is -2.52. The molecule has 3 heterocycles. The number of benzene rings is 1. The van der Waals surface area contributed by atoms with Crippen LogP contribution in [-0.2, 0) is 0 Å². The summed E-state index contributed by atoms with van der Waals surface area (Å²) >= 11 is 0. The van der Waals surface area contributed by atoms with Crippen LogP contribution in [0, 0.1) is 13.8 Å². The molecule has 2 bridgehead atoms. The Morgan fingerprint density at radius 3 is 2.67 bits per heavy atom. The largest absolute Gasteiger partial charge is 0.322 e. The third-order valence-corrected chi connectivity index (χ3v) is 5.05. The maximum Gasteiger partial charge on any atom is 0.322 e. The van der Waals surface area contributed by atoms with E-state index in [1.165, 1.54) is 6.42 Å². The quantitative estimate of drug-likeness (QED) is 0.920. The fourth-order valence-electron chi connectivity index (χ4n) is 3.72. The van der Waals surface area contributed by atoms with Gasteiger partial charge in [-0.2, -0.15) is 5.10 Å². The van der Waals surface area contributed by atoms with E-state index in [0.717, 1.165) is 41.8 Å². The van der Waals surface area contributed by atoms with Crippen LogP contribution < -0.4 is 5.32 Å². The fourth-order valence-corrected chi connectivity index (χ4v) is 3.72. The summed E-state index contributed by atoms with van der Waals surface area (Å²) in [6.07, 6.45) is 6.37. The van der Waals surface area contributed by atoms with Gasteiger partial charge in [0.2, 0.25) is 0 Å². The lowest BCUT2D eigenvalue weighted by molar-refractivity contribution is 0.0173. The van der Waals surface area contributed by atoms with Crippen LogP contribution in [0.4, 0.5) is 10.5 Å². The van der Waals surface area contributed by atoms with Gasteiger partial charge in [0.1, 0.15) is 0 Å². The molecule has 2 amide bonds. The highest BCUT2D eigenvalue weighted by Crippen LogP contribution is 2.38. The molecule has 6 heteroatoms. The van der Waals surface area contributed by atoms with E-state index in [-0.39, 0.29) is 6.03 Å². The second kappa shape index (κ2) is 5.85. The third-order valence-electron chi connectivity index (χ3n) is 5.05. The molecule has 2 atom stereocenters. The summed E-state index contributed by atoms with van der Waals surface area (Å²) in [5.41, 5.74) is 3.50. The lowest BCUT2D eigenvalue weighted by atomic mass is 9.80. The van der Waals surface area contributed by atoms with Crippen LogP contribution in [0.3, 0.4) is 0 Å². The van der Waals surface area contributed by atoms with Crippen molar-refractivity contribution in [1.29, 1.82) is 0 Å². The zero-order valence-electron chi connectivity index (χ0n) is 14.0. The number of hydrogen-bond donors (Lipinski definition) is 1. The van der Waals surface area contributed by atoms with Crippen molar-refractivity contribution in [2.75, 3.05) is 5.32 Å². The van der Waals surface area contributed by atoms with E-state index < -0.39 is 0 Å². The Morgan fingerprint density at radius 2 is 2.00 bits per heavy atom. The number of carbonyl (C=O) groups is 1. The van der Waals surface area contributed by atoms with Gasteiger partial charge in [0.15, 0.2) is 5.82 Å². The van der Waals surface area contributed by atoms with Crippen LogP contribution in [0.25, 0.3) is 11.4 Å². The summed E-state index contributed by atoms with van der Waals surface area (Å²) in [4.78, 5) is 18.9. The molecule has 2 aliphatic rings. The van der Waals surface area contributed by atoms with E-state index in [9.17, 15) is 4.79 Å². The molecular formula is C18H21N5O. The number of piperidine rings is 1. The van der Waals surface area contributed by atoms with Crippen molar-refractivity contribution >= 4 is 11.7 Å². The molecule has 24 heavy (non-hydrogen) atoms. The van der Waals surface area contributed by atoms with Gasteiger partial charge in [-0.3, -0.25) is 0 Å². The van der Waals surface area contributed by atoms with Crippen molar-refractivity contribution in [3.8, 4) is 11.4 Å². The van der Waals surface area contributed by atoms with Crippen LogP contribution in [0.1, 0.15) is 36.9 Å². The molecule has 6 nitrogen and oxygen atoms in total. The predicted octanol–water partition coefficient (Wildman–Crippen LogP) is 3.31. The molecule has 0 saturated carbocycles. The number of urea groups is 1. The Kier molecular flexibility index (Phi) is 3.67.